The Hall–Kier alpha value is -2.24. The van der Waals surface area contributed by atoms with Gasteiger partial charge in [0.1, 0.15) is 0 Å². The summed E-state index contributed by atoms with van der Waals surface area (Å²) in [4.78, 5) is 21.1. The van der Waals surface area contributed by atoms with Crippen molar-refractivity contribution in [2.75, 3.05) is 10.6 Å². The van der Waals surface area contributed by atoms with E-state index in [0.717, 1.165) is 5.56 Å². The zero-order chi connectivity index (χ0) is 12.3. The summed E-state index contributed by atoms with van der Waals surface area (Å²) in [5.41, 5.74) is 1.98. The van der Waals surface area contributed by atoms with Crippen molar-refractivity contribution < 1.29 is 19.8 Å². The standard InChI is InChI=1S/C10H12N2O4/c1-5-3-6(2)8(12-10(15)16)7(4-5)11-9(13)14/h3-4,11-12H,1-2H3,(H,13,14)(H,15,16). The molecule has 0 unspecified atom stereocenters. The fourth-order valence-corrected chi connectivity index (χ4v) is 1.45. The molecule has 0 spiro atoms. The normalized spacial score (nSPS) is 9.62. The topological polar surface area (TPSA) is 98.7 Å². The van der Waals surface area contributed by atoms with E-state index in [2.05, 4.69) is 10.6 Å². The molecule has 0 bridgehead atoms. The number of hydrogen-bond acceptors (Lipinski definition) is 2. The van der Waals surface area contributed by atoms with Crippen LogP contribution in [0.5, 0.6) is 0 Å². The van der Waals surface area contributed by atoms with Crippen molar-refractivity contribution >= 4 is 23.6 Å². The molecular weight excluding hydrogens is 212 g/mol. The van der Waals surface area contributed by atoms with Crippen molar-refractivity contribution in [2.45, 2.75) is 13.8 Å². The highest BCUT2D eigenvalue weighted by atomic mass is 16.4. The summed E-state index contributed by atoms with van der Waals surface area (Å²) in [5, 5.41) is 21.6. The molecule has 0 aliphatic rings. The Kier molecular flexibility index (Phi) is 3.34. The highest BCUT2D eigenvalue weighted by Gasteiger charge is 2.11. The zero-order valence-electron chi connectivity index (χ0n) is 8.87. The minimum absolute atomic E-state index is 0.229. The molecule has 0 saturated carbocycles. The van der Waals surface area contributed by atoms with E-state index in [9.17, 15) is 9.59 Å². The molecule has 0 heterocycles. The molecule has 0 fully saturated rings. The van der Waals surface area contributed by atoms with Crippen molar-refractivity contribution in [1.82, 2.24) is 0 Å². The van der Waals surface area contributed by atoms with Gasteiger partial charge in [0.15, 0.2) is 0 Å². The van der Waals surface area contributed by atoms with Crippen LogP contribution in [0, 0.1) is 13.8 Å². The molecule has 86 valence electrons. The van der Waals surface area contributed by atoms with Crippen LogP contribution in [-0.2, 0) is 0 Å². The second kappa shape index (κ2) is 4.52. The zero-order valence-corrected chi connectivity index (χ0v) is 8.87. The number of carboxylic acid groups (broad SMARTS) is 2. The van der Waals surface area contributed by atoms with Crippen LogP contribution in [0.2, 0.25) is 0 Å². The number of amides is 2. The van der Waals surface area contributed by atoms with Gasteiger partial charge in [-0.3, -0.25) is 10.6 Å². The second-order valence-corrected chi connectivity index (χ2v) is 3.36. The monoisotopic (exact) mass is 224 g/mol. The van der Waals surface area contributed by atoms with Crippen LogP contribution in [0.15, 0.2) is 12.1 Å². The van der Waals surface area contributed by atoms with Gasteiger partial charge in [0.2, 0.25) is 0 Å². The Morgan fingerprint density at radius 3 is 2.12 bits per heavy atom. The van der Waals surface area contributed by atoms with Gasteiger partial charge in [-0.2, -0.15) is 0 Å². The van der Waals surface area contributed by atoms with Crippen LogP contribution >= 0.6 is 0 Å². The third-order valence-corrected chi connectivity index (χ3v) is 1.95. The predicted octanol–water partition coefficient (Wildman–Crippen LogP) is 2.48. The molecule has 0 aliphatic carbocycles. The fraction of sp³-hybridized carbons (Fsp3) is 0.200. The first-order valence-electron chi connectivity index (χ1n) is 4.51. The van der Waals surface area contributed by atoms with Gasteiger partial charge in [-0.05, 0) is 31.0 Å². The third-order valence-electron chi connectivity index (χ3n) is 1.95. The Labute approximate surface area is 91.9 Å². The van der Waals surface area contributed by atoms with Gasteiger partial charge in [0.25, 0.3) is 0 Å². The molecule has 0 aliphatic heterocycles. The van der Waals surface area contributed by atoms with E-state index in [1.165, 1.54) is 0 Å². The van der Waals surface area contributed by atoms with Crippen molar-refractivity contribution in [3.05, 3.63) is 23.3 Å². The lowest BCUT2D eigenvalue weighted by atomic mass is 10.1. The highest BCUT2D eigenvalue weighted by molar-refractivity contribution is 5.95. The molecule has 1 rings (SSSR count). The van der Waals surface area contributed by atoms with Crippen molar-refractivity contribution in [3.8, 4) is 0 Å². The molecular formula is C10H12N2O4. The molecule has 16 heavy (non-hydrogen) atoms. The summed E-state index contributed by atoms with van der Waals surface area (Å²) in [5.74, 6) is 0. The highest BCUT2D eigenvalue weighted by Crippen LogP contribution is 2.27. The molecule has 6 heteroatoms. The summed E-state index contributed by atoms with van der Waals surface area (Å²) in [6, 6.07) is 3.32. The number of aryl methyl sites for hydroxylation is 2. The Balaban J connectivity index is 3.20. The lowest BCUT2D eigenvalue weighted by Crippen LogP contribution is -2.14. The molecule has 4 N–H and O–H groups in total. The molecule has 0 saturated heterocycles. The Bertz CT molecular complexity index is 443. The van der Waals surface area contributed by atoms with Crippen LogP contribution in [0.4, 0.5) is 21.0 Å². The van der Waals surface area contributed by atoms with E-state index in [1.807, 2.05) is 0 Å². The van der Waals surface area contributed by atoms with Gasteiger partial charge < -0.3 is 10.2 Å². The summed E-state index contributed by atoms with van der Waals surface area (Å²) in [6.45, 7) is 3.50. The first-order chi connectivity index (χ1) is 7.40. The van der Waals surface area contributed by atoms with Crippen LogP contribution in [0.3, 0.4) is 0 Å². The number of anilines is 2. The second-order valence-electron chi connectivity index (χ2n) is 3.36. The maximum absolute atomic E-state index is 10.6. The van der Waals surface area contributed by atoms with Crippen LogP contribution in [0.1, 0.15) is 11.1 Å². The van der Waals surface area contributed by atoms with Gasteiger partial charge in [-0.15, -0.1) is 0 Å². The smallest absolute Gasteiger partial charge is 0.409 e. The molecule has 0 aromatic heterocycles. The van der Waals surface area contributed by atoms with Gasteiger partial charge in [-0.25, -0.2) is 9.59 Å². The average molecular weight is 224 g/mol. The SMILES string of the molecule is Cc1cc(C)c(NC(=O)O)c(NC(=O)O)c1. The third kappa shape index (κ3) is 2.88. The van der Waals surface area contributed by atoms with E-state index in [-0.39, 0.29) is 11.4 Å². The fourth-order valence-electron chi connectivity index (χ4n) is 1.45. The summed E-state index contributed by atoms with van der Waals surface area (Å²) < 4.78 is 0. The number of benzene rings is 1. The van der Waals surface area contributed by atoms with Crippen molar-refractivity contribution in [2.24, 2.45) is 0 Å². The number of nitrogens with one attached hydrogen (secondary N) is 2. The van der Waals surface area contributed by atoms with Gasteiger partial charge >= 0.3 is 12.2 Å². The quantitative estimate of drug-likeness (QED) is 0.620. The Morgan fingerprint density at radius 1 is 1.06 bits per heavy atom. The molecule has 6 nitrogen and oxygen atoms in total. The van der Waals surface area contributed by atoms with Gasteiger partial charge in [0.05, 0.1) is 11.4 Å². The first kappa shape index (κ1) is 11.8. The maximum Gasteiger partial charge on any atom is 0.409 e. The lowest BCUT2D eigenvalue weighted by Gasteiger charge is -2.12. The average Bonchev–Trinajstić information content (AvgIpc) is 2.09. The van der Waals surface area contributed by atoms with Crippen LogP contribution in [-0.4, -0.2) is 22.4 Å². The number of carbonyl (C=O) groups is 2. The number of hydrogen-bond donors (Lipinski definition) is 4. The number of rotatable bonds is 2. The summed E-state index contributed by atoms with van der Waals surface area (Å²) in [7, 11) is 0. The Morgan fingerprint density at radius 2 is 1.62 bits per heavy atom. The van der Waals surface area contributed by atoms with E-state index in [4.69, 9.17) is 10.2 Å². The maximum atomic E-state index is 10.6. The van der Waals surface area contributed by atoms with Crippen LogP contribution < -0.4 is 10.6 Å². The summed E-state index contributed by atoms with van der Waals surface area (Å²) >= 11 is 0. The van der Waals surface area contributed by atoms with Crippen molar-refractivity contribution in [1.29, 1.82) is 0 Å². The summed E-state index contributed by atoms with van der Waals surface area (Å²) in [6.07, 6.45) is -2.47. The molecule has 0 atom stereocenters. The molecule has 2 amide bonds. The first-order valence-corrected chi connectivity index (χ1v) is 4.51. The van der Waals surface area contributed by atoms with Crippen LogP contribution in [0.25, 0.3) is 0 Å². The molecule has 1 aromatic carbocycles. The molecule has 0 radical (unpaired) electrons. The van der Waals surface area contributed by atoms with E-state index < -0.39 is 12.2 Å². The largest absolute Gasteiger partial charge is 0.465 e. The molecule has 1 aromatic rings. The van der Waals surface area contributed by atoms with E-state index in [1.54, 1.807) is 26.0 Å². The van der Waals surface area contributed by atoms with Gasteiger partial charge in [0, 0.05) is 0 Å². The van der Waals surface area contributed by atoms with Crippen molar-refractivity contribution in [3.63, 3.8) is 0 Å². The minimum Gasteiger partial charge on any atom is -0.465 e. The minimum atomic E-state index is -1.24. The predicted molar refractivity (Wildman–Crippen MR) is 59.2 cm³/mol. The van der Waals surface area contributed by atoms with Gasteiger partial charge in [-0.1, -0.05) is 6.07 Å². The van der Waals surface area contributed by atoms with E-state index >= 15 is 0 Å². The van der Waals surface area contributed by atoms with E-state index in [0.29, 0.717) is 5.56 Å². The lowest BCUT2D eigenvalue weighted by molar-refractivity contribution is 0.208.